The Morgan fingerprint density at radius 1 is 1.28 bits per heavy atom. The first-order valence-electron chi connectivity index (χ1n) is 5.89. The highest BCUT2D eigenvalue weighted by molar-refractivity contribution is 14.1. The molecule has 0 aliphatic rings. The SMILES string of the molecule is CNC(CCOCC(F)F)Cc1ccc(I)cc1. The quantitative estimate of drug-likeness (QED) is 0.562. The van der Waals surface area contributed by atoms with Gasteiger partial charge in [0.05, 0.1) is 0 Å². The van der Waals surface area contributed by atoms with Crippen molar-refractivity contribution in [3.8, 4) is 0 Å². The summed E-state index contributed by atoms with van der Waals surface area (Å²) in [5.74, 6) is 0. The maximum atomic E-state index is 11.9. The van der Waals surface area contributed by atoms with Crippen molar-refractivity contribution in [3.63, 3.8) is 0 Å². The second-order valence-corrected chi connectivity index (χ2v) is 5.32. The number of hydrogen-bond acceptors (Lipinski definition) is 2. The molecular weight excluding hydrogens is 351 g/mol. The van der Waals surface area contributed by atoms with E-state index in [2.05, 4.69) is 52.2 Å². The van der Waals surface area contributed by atoms with E-state index >= 15 is 0 Å². The first-order chi connectivity index (χ1) is 8.61. The van der Waals surface area contributed by atoms with Crippen molar-refractivity contribution >= 4 is 22.6 Å². The van der Waals surface area contributed by atoms with Crippen LogP contribution >= 0.6 is 22.6 Å². The van der Waals surface area contributed by atoms with Crippen LogP contribution in [0.25, 0.3) is 0 Å². The molecule has 1 aromatic carbocycles. The molecule has 0 heterocycles. The van der Waals surface area contributed by atoms with Gasteiger partial charge in [-0.15, -0.1) is 0 Å². The van der Waals surface area contributed by atoms with E-state index in [9.17, 15) is 8.78 Å². The van der Waals surface area contributed by atoms with Gasteiger partial charge in [-0.05, 0) is 60.2 Å². The summed E-state index contributed by atoms with van der Waals surface area (Å²) in [4.78, 5) is 0. The van der Waals surface area contributed by atoms with Crippen LogP contribution in [0, 0.1) is 3.57 Å². The van der Waals surface area contributed by atoms with Crippen molar-refractivity contribution < 1.29 is 13.5 Å². The topological polar surface area (TPSA) is 21.3 Å². The predicted octanol–water partition coefficient (Wildman–Crippen LogP) is 3.09. The number of alkyl halides is 2. The van der Waals surface area contributed by atoms with Crippen LogP contribution in [0.4, 0.5) is 8.78 Å². The molecule has 1 aromatic rings. The molecule has 2 nitrogen and oxygen atoms in total. The Hall–Kier alpha value is -0.270. The molecule has 1 unspecified atom stereocenters. The average molecular weight is 369 g/mol. The minimum absolute atomic E-state index is 0.253. The number of halogens is 3. The van der Waals surface area contributed by atoms with Gasteiger partial charge in [0.1, 0.15) is 6.61 Å². The lowest BCUT2D eigenvalue weighted by Gasteiger charge is -2.16. The maximum absolute atomic E-state index is 11.9. The molecule has 0 bridgehead atoms. The summed E-state index contributed by atoms with van der Waals surface area (Å²) >= 11 is 2.27. The van der Waals surface area contributed by atoms with E-state index in [1.807, 2.05) is 7.05 Å². The Bertz CT molecular complexity index is 332. The summed E-state index contributed by atoms with van der Waals surface area (Å²) in [7, 11) is 1.88. The zero-order valence-electron chi connectivity index (χ0n) is 10.3. The van der Waals surface area contributed by atoms with Crippen molar-refractivity contribution in [3.05, 3.63) is 33.4 Å². The molecule has 0 amide bonds. The van der Waals surface area contributed by atoms with Crippen LogP contribution in [0.15, 0.2) is 24.3 Å². The second kappa shape index (κ2) is 8.77. The molecule has 0 aliphatic heterocycles. The molecule has 0 saturated carbocycles. The first-order valence-corrected chi connectivity index (χ1v) is 6.97. The molecule has 0 aromatic heterocycles. The Kier molecular flexibility index (Phi) is 7.69. The summed E-state index contributed by atoms with van der Waals surface area (Å²) < 4.78 is 29.9. The van der Waals surface area contributed by atoms with Crippen molar-refractivity contribution in [2.24, 2.45) is 0 Å². The normalized spacial score (nSPS) is 12.9. The number of hydrogen-bond donors (Lipinski definition) is 1. The minimum atomic E-state index is -2.38. The van der Waals surface area contributed by atoms with E-state index in [-0.39, 0.29) is 6.04 Å². The van der Waals surface area contributed by atoms with E-state index in [1.165, 1.54) is 9.13 Å². The Balaban J connectivity index is 2.30. The lowest BCUT2D eigenvalue weighted by atomic mass is 10.0. The second-order valence-electron chi connectivity index (χ2n) is 4.07. The molecule has 1 rings (SSSR count). The summed E-state index contributed by atoms with van der Waals surface area (Å²) in [5.41, 5.74) is 1.24. The van der Waals surface area contributed by atoms with Crippen LogP contribution in [0.2, 0.25) is 0 Å². The van der Waals surface area contributed by atoms with Crippen LogP contribution in [-0.4, -0.2) is 32.7 Å². The molecule has 5 heteroatoms. The average Bonchev–Trinajstić information content (AvgIpc) is 2.35. The molecule has 0 fully saturated rings. The molecule has 102 valence electrons. The van der Waals surface area contributed by atoms with Crippen LogP contribution in [-0.2, 0) is 11.2 Å². The molecule has 1 N–H and O–H groups in total. The van der Waals surface area contributed by atoms with Crippen molar-refractivity contribution in [2.45, 2.75) is 25.3 Å². The molecule has 0 aliphatic carbocycles. The third-order valence-electron chi connectivity index (χ3n) is 2.66. The van der Waals surface area contributed by atoms with Crippen molar-refractivity contribution in [1.29, 1.82) is 0 Å². The Morgan fingerprint density at radius 3 is 2.50 bits per heavy atom. The van der Waals surface area contributed by atoms with Crippen LogP contribution < -0.4 is 5.32 Å². The highest BCUT2D eigenvalue weighted by Crippen LogP contribution is 2.10. The van der Waals surface area contributed by atoms with Gasteiger partial charge in [-0.2, -0.15) is 0 Å². The fourth-order valence-corrected chi connectivity index (χ4v) is 2.01. The van der Waals surface area contributed by atoms with Gasteiger partial charge < -0.3 is 10.1 Å². The number of likely N-dealkylation sites (N-methyl/N-ethyl adjacent to an activating group) is 1. The van der Waals surface area contributed by atoms with E-state index in [0.29, 0.717) is 6.61 Å². The number of rotatable bonds is 8. The predicted molar refractivity (Wildman–Crippen MR) is 77.2 cm³/mol. The first kappa shape index (κ1) is 15.8. The molecule has 0 radical (unpaired) electrons. The zero-order valence-corrected chi connectivity index (χ0v) is 12.5. The fourth-order valence-electron chi connectivity index (χ4n) is 1.65. The summed E-state index contributed by atoms with van der Waals surface area (Å²) in [6, 6.07) is 8.56. The highest BCUT2D eigenvalue weighted by atomic mass is 127. The van der Waals surface area contributed by atoms with Gasteiger partial charge in [0.15, 0.2) is 0 Å². The van der Waals surface area contributed by atoms with Gasteiger partial charge in [-0.25, -0.2) is 8.78 Å². The van der Waals surface area contributed by atoms with Gasteiger partial charge in [0.25, 0.3) is 6.43 Å². The molecule has 0 saturated heterocycles. The van der Waals surface area contributed by atoms with Crippen LogP contribution in [0.1, 0.15) is 12.0 Å². The Labute approximate surface area is 120 Å². The van der Waals surface area contributed by atoms with Gasteiger partial charge in [-0.1, -0.05) is 12.1 Å². The molecule has 0 spiro atoms. The van der Waals surface area contributed by atoms with Gasteiger partial charge in [0, 0.05) is 16.2 Å². The summed E-state index contributed by atoms with van der Waals surface area (Å²) in [6.45, 7) is -0.111. The van der Waals surface area contributed by atoms with Gasteiger partial charge >= 0.3 is 0 Å². The maximum Gasteiger partial charge on any atom is 0.261 e. The third kappa shape index (κ3) is 6.61. The standard InChI is InChI=1S/C13H18F2INO/c1-17-12(6-7-18-9-13(14)15)8-10-2-4-11(16)5-3-10/h2-5,12-13,17H,6-9H2,1H3. The van der Waals surface area contributed by atoms with E-state index in [0.717, 1.165) is 12.8 Å². The van der Waals surface area contributed by atoms with Gasteiger partial charge in [-0.3, -0.25) is 0 Å². The molecular formula is C13H18F2INO. The smallest absolute Gasteiger partial charge is 0.261 e. The number of ether oxygens (including phenoxy) is 1. The van der Waals surface area contributed by atoms with Crippen molar-refractivity contribution in [2.75, 3.05) is 20.3 Å². The third-order valence-corrected chi connectivity index (χ3v) is 3.38. The lowest BCUT2D eigenvalue weighted by molar-refractivity contribution is 0.0146. The van der Waals surface area contributed by atoms with Crippen LogP contribution in [0.5, 0.6) is 0 Å². The highest BCUT2D eigenvalue weighted by Gasteiger charge is 2.08. The lowest BCUT2D eigenvalue weighted by Crippen LogP contribution is -2.29. The van der Waals surface area contributed by atoms with E-state index < -0.39 is 13.0 Å². The van der Waals surface area contributed by atoms with Crippen LogP contribution in [0.3, 0.4) is 0 Å². The fraction of sp³-hybridized carbons (Fsp3) is 0.538. The Morgan fingerprint density at radius 2 is 1.94 bits per heavy atom. The molecule has 18 heavy (non-hydrogen) atoms. The summed E-state index contributed by atoms with van der Waals surface area (Å²) in [5, 5.41) is 3.18. The minimum Gasteiger partial charge on any atom is -0.375 e. The number of nitrogens with one attached hydrogen (secondary N) is 1. The summed E-state index contributed by atoms with van der Waals surface area (Å²) in [6.07, 6.45) is -0.769. The monoisotopic (exact) mass is 369 g/mol. The largest absolute Gasteiger partial charge is 0.375 e. The number of benzene rings is 1. The van der Waals surface area contributed by atoms with Crippen molar-refractivity contribution in [1.82, 2.24) is 5.32 Å². The zero-order chi connectivity index (χ0) is 13.4. The van der Waals surface area contributed by atoms with E-state index in [1.54, 1.807) is 0 Å². The molecule has 1 atom stereocenters. The van der Waals surface area contributed by atoms with E-state index in [4.69, 9.17) is 4.74 Å². The van der Waals surface area contributed by atoms with Gasteiger partial charge in [0.2, 0.25) is 0 Å².